The molecule has 0 spiro atoms. The van der Waals surface area contributed by atoms with Gasteiger partial charge in [0.05, 0.1) is 0 Å². The fourth-order valence-electron chi connectivity index (χ4n) is 1.03. The number of aromatic amines is 1. The zero-order valence-corrected chi connectivity index (χ0v) is 9.46. The standard InChI is InChI=1S/C8H7ClN4O2S/c9-7-2-1-6(5-12-7)16(14,15)13-8-10-3-4-11-8/h1-5H,(H2,10,11,13). The highest BCUT2D eigenvalue weighted by atomic mass is 35.5. The molecule has 0 bridgehead atoms. The molecule has 0 atom stereocenters. The molecular weight excluding hydrogens is 252 g/mol. The van der Waals surface area contributed by atoms with Gasteiger partial charge in [-0.15, -0.1) is 0 Å². The largest absolute Gasteiger partial charge is 0.330 e. The van der Waals surface area contributed by atoms with Crippen molar-refractivity contribution in [3.8, 4) is 0 Å². The summed E-state index contributed by atoms with van der Waals surface area (Å²) in [7, 11) is -3.66. The summed E-state index contributed by atoms with van der Waals surface area (Å²) in [6.07, 6.45) is 4.13. The van der Waals surface area contributed by atoms with Crippen LogP contribution in [0.3, 0.4) is 0 Å². The lowest BCUT2D eigenvalue weighted by Gasteiger charge is -2.04. The van der Waals surface area contributed by atoms with Gasteiger partial charge < -0.3 is 4.98 Å². The van der Waals surface area contributed by atoms with E-state index in [4.69, 9.17) is 11.6 Å². The average Bonchev–Trinajstić information content (AvgIpc) is 2.70. The Morgan fingerprint density at radius 1 is 1.31 bits per heavy atom. The minimum Gasteiger partial charge on any atom is -0.330 e. The number of sulfonamides is 1. The molecule has 84 valence electrons. The molecule has 0 aliphatic rings. The van der Waals surface area contributed by atoms with Crippen LogP contribution in [0.15, 0.2) is 35.6 Å². The molecule has 16 heavy (non-hydrogen) atoms. The number of rotatable bonds is 3. The van der Waals surface area contributed by atoms with Gasteiger partial charge in [0.2, 0.25) is 5.95 Å². The van der Waals surface area contributed by atoms with Gasteiger partial charge in [-0.3, -0.25) is 0 Å². The van der Waals surface area contributed by atoms with Gasteiger partial charge in [0.25, 0.3) is 10.0 Å². The number of imidazole rings is 1. The van der Waals surface area contributed by atoms with E-state index >= 15 is 0 Å². The second kappa shape index (κ2) is 4.11. The first-order chi connectivity index (χ1) is 7.58. The zero-order chi connectivity index (χ0) is 11.6. The van der Waals surface area contributed by atoms with Crippen molar-refractivity contribution in [1.82, 2.24) is 15.0 Å². The summed E-state index contributed by atoms with van der Waals surface area (Å²) in [5.41, 5.74) is 0. The third kappa shape index (κ3) is 2.31. The first kappa shape index (κ1) is 10.9. The van der Waals surface area contributed by atoms with Crippen LogP contribution < -0.4 is 4.72 Å². The summed E-state index contributed by atoms with van der Waals surface area (Å²) in [5.74, 6) is 0.148. The van der Waals surface area contributed by atoms with E-state index in [1.54, 1.807) is 0 Å². The number of H-pyrrole nitrogens is 1. The van der Waals surface area contributed by atoms with E-state index in [1.807, 2.05) is 0 Å². The van der Waals surface area contributed by atoms with E-state index in [0.717, 1.165) is 0 Å². The number of hydrogen-bond donors (Lipinski definition) is 2. The maximum Gasteiger partial charge on any atom is 0.265 e. The Balaban J connectivity index is 2.29. The Morgan fingerprint density at radius 2 is 2.12 bits per heavy atom. The van der Waals surface area contributed by atoms with Crippen molar-refractivity contribution in [3.63, 3.8) is 0 Å². The fraction of sp³-hybridized carbons (Fsp3) is 0. The van der Waals surface area contributed by atoms with Crippen LogP contribution in [0.1, 0.15) is 0 Å². The van der Waals surface area contributed by atoms with Crippen LogP contribution in [-0.4, -0.2) is 23.4 Å². The predicted molar refractivity (Wildman–Crippen MR) is 58.6 cm³/mol. The molecule has 0 saturated carbocycles. The number of aromatic nitrogens is 3. The average molecular weight is 259 g/mol. The van der Waals surface area contributed by atoms with E-state index in [-0.39, 0.29) is 16.0 Å². The van der Waals surface area contributed by atoms with Crippen molar-refractivity contribution >= 4 is 27.6 Å². The third-order valence-electron chi connectivity index (χ3n) is 1.74. The zero-order valence-electron chi connectivity index (χ0n) is 7.88. The Labute approximate surface area is 96.8 Å². The quantitative estimate of drug-likeness (QED) is 0.812. The van der Waals surface area contributed by atoms with Crippen LogP contribution in [0.4, 0.5) is 5.95 Å². The number of pyridine rings is 1. The van der Waals surface area contributed by atoms with E-state index in [2.05, 4.69) is 19.7 Å². The van der Waals surface area contributed by atoms with Crippen molar-refractivity contribution < 1.29 is 8.42 Å². The van der Waals surface area contributed by atoms with Crippen molar-refractivity contribution in [2.75, 3.05) is 4.72 Å². The van der Waals surface area contributed by atoms with Crippen LogP contribution in [0.25, 0.3) is 0 Å². The molecule has 2 aromatic heterocycles. The van der Waals surface area contributed by atoms with Gasteiger partial charge in [-0.2, -0.15) is 0 Å². The molecule has 0 unspecified atom stereocenters. The number of nitrogens with zero attached hydrogens (tertiary/aromatic N) is 2. The summed E-state index contributed by atoms with van der Waals surface area (Å²) in [6.45, 7) is 0. The molecule has 0 radical (unpaired) electrons. The number of nitrogens with one attached hydrogen (secondary N) is 2. The molecule has 0 aliphatic heterocycles. The fourth-order valence-corrected chi connectivity index (χ4v) is 2.06. The Hall–Kier alpha value is -1.60. The van der Waals surface area contributed by atoms with Crippen molar-refractivity contribution in [2.45, 2.75) is 4.90 Å². The summed E-state index contributed by atoms with van der Waals surface area (Å²) in [6, 6.07) is 2.76. The molecule has 2 N–H and O–H groups in total. The lowest BCUT2D eigenvalue weighted by atomic mass is 10.5. The Morgan fingerprint density at radius 3 is 2.69 bits per heavy atom. The van der Waals surface area contributed by atoms with Gasteiger partial charge in [0, 0.05) is 18.6 Å². The van der Waals surface area contributed by atoms with Crippen molar-refractivity contribution in [3.05, 3.63) is 35.9 Å². The molecule has 2 rings (SSSR count). The molecule has 0 fully saturated rings. The number of halogens is 1. The second-order valence-corrected chi connectivity index (χ2v) is 4.93. The van der Waals surface area contributed by atoms with Gasteiger partial charge in [-0.1, -0.05) is 11.6 Å². The van der Waals surface area contributed by atoms with E-state index in [1.165, 1.54) is 30.7 Å². The monoisotopic (exact) mass is 258 g/mol. The number of anilines is 1. The molecule has 8 heteroatoms. The summed E-state index contributed by atoms with van der Waals surface area (Å²) >= 11 is 5.56. The topological polar surface area (TPSA) is 87.7 Å². The highest BCUT2D eigenvalue weighted by Gasteiger charge is 2.15. The summed E-state index contributed by atoms with van der Waals surface area (Å²) in [4.78, 5) is 10.1. The molecule has 0 aliphatic carbocycles. The van der Waals surface area contributed by atoms with Gasteiger partial charge in [-0.25, -0.2) is 23.1 Å². The van der Waals surface area contributed by atoms with Gasteiger partial charge in [-0.05, 0) is 12.1 Å². The third-order valence-corrected chi connectivity index (χ3v) is 3.29. The van der Waals surface area contributed by atoms with Crippen LogP contribution in [0.2, 0.25) is 5.15 Å². The van der Waals surface area contributed by atoms with Crippen molar-refractivity contribution in [2.24, 2.45) is 0 Å². The summed E-state index contributed by atoms with van der Waals surface area (Å²) < 4.78 is 25.8. The maximum atomic E-state index is 11.8. The van der Waals surface area contributed by atoms with Gasteiger partial charge in [0.1, 0.15) is 10.0 Å². The molecule has 2 aromatic rings. The first-order valence-corrected chi connectivity index (χ1v) is 6.08. The normalized spacial score (nSPS) is 11.3. The molecule has 0 amide bonds. The minimum absolute atomic E-state index is 0.0216. The SMILES string of the molecule is O=S(=O)(Nc1ncc[nH]1)c1ccc(Cl)nc1. The minimum atomic E-state index is -3.66. The lowest BCUT2D eigenvalue weighted by Crippen LogP contribution is -2.14. The summed E-state index contributed by atoms with van der Waals surface area (Å²) in [5, 5.41) is 0.233. The first-order valence-electron chi connectivity index (χ1n) is 4.22. The van der Waals surface area contributed by atoms with E-state index in [0.29, 0.717) is 0 Å². The van der Waals surface area contributed by atoms with Gasteiger partial charge in [0.15, 0.2) is 0 Å². The van der Waals surface area contributed by atoms with Crippen LogP contribution in [0.5, 0.6) is 0 Å². The van der Waals surface area contributed by atoms with E-state index in [9.17, 15) is 8.42 Å². The Kier molecular flexibility index (Phi) is 2.80. The molecule has 6 nitrogen and oxygen atoms in total. The molecule has 0 aromatic carbocycles. The van der Waals surface area contributed by atoms with Crippen LogP contribution >= 0.6 is 11.6 Å². The highest BCUT2D eigenvalue weighted by molar-refractivity contribution is 7.92. The molecule has 0 saturated heterocycles. The second-order valence-electron chi connectivity index (χ2n) is 2.86. The number of hydrogen-bond acceptors (Lipinski definition) is 4. The van der Waals surface area contributed by atoms with Crippen LogP contribution in [-0.2, 0) is 10.0 Å². The predicted octanol–water partition coefficient (Wildman–Crippen LogP) is 1.26. The highest BCUT2D eigenvalue weighted by Crippen LogP contribution is 2.13. The smallest absolute Gasteiger partial charge is 0.265 e. The molecule has 2 heterocycles. The van der Waals surface area contributed by atoms with E-state index < -0.39 is 10.0 Å². The lowest BCUT2D eigenvalue weighted by molar-refractivity contribution is 0.600. The maximum absolute atomic E-state index is 11.8. The van der Waals surface area contributed by atoms with Gasteiger partial charge >= 0.3 is 0 Å². The molecular formula is C8H7ClN4O2S. The Bertz CT molecular complexity index is 565. The van der Waals surface area contributed by atoms with Crippen molar-refractivity contribution in [1.29, 1.82) is 0 Å². The van der Waals surface area contributed by atoms with Crippen LogP contribution in [0, 0.1) is 0 Å².